The summed E-state index contributed by atoms with van der Waals surface area (Å²) in [5, 5.41) is 5.71. The SMILES string of the molecule is COc1cc(-c2csc3c(C=CC=O)cnc(N)c23)ccc1NC(=O)c1nc2ccccc2n1C. The molecule has 3 heterocycles. The van der Waals surface area contributed by atoms with E-state index in [0.29, 0.717) is 23.1 Å². The zero-order valence-corrected chi connectivity index (χ0v) is 19.8. The fraction of sp³-hybridized carbons (Fsp3) is 0.0769. The lowest BCUT2D eigenvalue weighted by atomic mass is 10.0. The van der Waals surface area contributed by atoms with Crippen molar-refractivity contribution in [3.8, 4) is 16.9 Å². The van der Waals surface area contributed by atoms with Gasteiger partial charge in [-0.1, -0.05) is 18.2 Å². The van der Waals surface area contributed by atoms with Gasteiger partial charge in [0.25, 0.3) is 5.91 Å². The van der Waals surface area contributed by atoms with Crippen LogP contribution in [0.2, 0.25) is 0 Å². The van der Waals surface area contributed by atoms with Crippen LogP contribution >= 0.6 is 11.3 Å². The quantitative estimate of drug-likeness (QED) is 0.262. The number of carbonyl (C=O) groups excluding carboxylic acids is 2. The Kier molecular flexibility index (Phi) is 5.76. The lowest BCUT2D eigenvalue weighted by Gasteiger charge is -2.12. The third kappa shape index (κ3) is 3.91. The normalized spacial score (nSPS) is 11.4. The molecule has 9 heteroatoms. The molecule has 0 atom stereocenters. The van der Waals surface area contributed by atoms with Crippen LogP contribution < -0.4 is 15.8 Å². The highest BCUT2D eigenvalue weighted by molar-refractivity contribution is 7.18. The van der Waals surface area contributed by atoms with Crippen LogP contribution in [0.5, 0.6) is 5.75 Å². The average Bonchev–Trinajstić information content (AvgIpc) is 3.47. The molecule has 0 unspecified atom stereocenters. The summed E-state index contributed by atoms with van der Waals surface area (Å²) in [6, 6.07) is 13.1. The van der Waals surface area contributed by atoms with Crippen LogP contribution in [0.3, 0.4) is 0 Å². The number of hydrogen-bond acceptors (Lipinski definition) is 7. The standard InChI is InChI=1S/C26H21N5O3S/c1-31-20-8-4-3-7-18(20)29-25(31)26(33)30-19-10-9-15(12-21(19)34-2)17-14-35-23-16(6-5-11-32)13-28-24(27)22(17)23/h3-14H,1-2H3,(H2,27,28)(H,30,33). The van der Waals surface area contributed by atoms with E-state index in [0.717, 1.165) is 44.1 Å². The number of allylic oxidation sites excluding steroid dienone is 1. The van der Waals surface area contributed by atoms with Gasteiger partial charge in [-0.15, -0.1) is 11.3 Å². The van der Waals surface area contributed by atoms with Crippen molar-refractivity contribution >= 4 is 62.2 Å². The molecule has 0 bridgehead atoms. The molecule has 8 nitrogen and oxygen atoms in total. The molecule has 35 heavy (non-hydrogen) atoms. The Labute approximate surface area is 204 Å². The molecule has 0 saturated heterocycles. The Morgan fingerprint density at radius 1 is 1.23 bits per heavy atom. The first-order valence-electron chi connectivity index (χ1n) is 10.7. The Balaban J connectivity index is 1.51. The van der Waals surface area contributed by atoms with Crippen molar-refractivity contribution in [1.82, 2.24) is 14.5 Å². The molecule has 2 aromatic carbocycles. The predicted molar refractivity (Wildman–Crippen MR) is 140 cm³/mol. The van der Waals surface area contributed by atoms with Crippen molar-refractivity contribution in [2.75, 3.05) is 18.2 Å². The lowest BCUT2D eigenvalue weighted by Crippen LogP contribution is -2.17. The molecule has 0 saturated carbocycles. The summed E-state index contributed by atoms with van der Waals surface area (Å²) in [6.07, 6.45) is 5.51. The summed E-state index contributed by atoms with van der Waals surface area (Å²) < 4.78 is 8.29. The highest BCUT2D eigenvalue weighted by Gasteiger charge is 2.19. The minimum Gasteiger partial charge on any atom is -0.495 e. The molecule has 3 aromatic heterocycles. The van der Waals surface area contributed by atoms with Crippen molar-refractivity contribution in [2.24, 2.45) is 7.05 Å². The number of nitrogen functional groups attached to an aromatic ring is 1. The first-order chi connectivity index (χ1) is 17.0. The number of pyridine rings is 1. The first-order valence-corrected chi connectivity index (χ1v) is 11.6. The third-order valence-electron chi connectivity index (χ3n) is 5.76. The molecule has 3 N–H and O–H groups in total. The number of benzene rings is 2. The van der Waals surface area contributed by atoms with Gasteiger partial charge in [0.05, 0.1) is 23.8 Å². The van der Waals surface area contributed by atoms with E-state index in [1.54, 1.807) is 30.0 Å². The average molecular weight is 484 g/mol. The van der Waals surface area contributed by atoms with Gasteiger partial charge in [-0.3, -0.25) is 9.59 Å². The number of aldehydes is 1. The van der Waals surface area contributed by atoms with Crippen molar-refractivity contribution in [2.45, 2.75) is 0 Å². The molecule has 5 aromatic rings. The van der Waals surface area contributed by atoms with Gasteiger partial charge in [0.1, 0.15) is 17.9 Å². The number of hydrogen-bond donors (Lipinski definition) is 2. The highest BCUT2D eigenvalue weighted by Crippen LogP contribution is 2.41. The number of nitrogens with zero attached hydrogens (tertiary/aromatic N) is 3. The van der Waals surface area contributed by atoms with Gasteiger partial charge in [0.15, 0.2) is 5.82 Å². The van der Waals surface area contributed by atoms with Crippen molar-refractivity contribution in [1.29, 1.82) is 0 Å². The summed E-state index contributed by atoms with van der Waals surface area (Å²) in [5.41, 5.74) is 10.9. The number of thiophene rings is 1. The molecule has 0 radical (unpaired) electrons. The van der Waals surface area contributed by atoms with Gasteiger partial charge in [-0.25, -0.2) is 9.97 Å². The number of aryl methyl sites for hydroxylation is 1. The van der Waals surface area contributed by atoms with Crippen LogP contribution in [0.25, 0.3) is 38.3 Å². The topological polar surface area (TPSA) is 112 Å². The second kappa shape index (κ2) is 9.03. The van der Waals surface area contributed by atoms with Gasteiger partial charge in [0.2, 0.25) is 0 Å². The van der Waals surface area contributed by atoms with E-state index in [1.807, 2.05) is 48.8 Å². The maximum atomic E-state index is 13.0. The number of rotatable bonds is 6. The maximum absolute atomic E-state index is 13.0. The zero-order chi connectivity index (χ0) is 24.5. The number of nitrogens with one attached hydrogen (secondary N) is 1. The van der Waals surface area contributed by atoms with Crippen LogP contribution in [0.4, 0.5) is 11.5 Å². The first kappa shape index (κ1) is 22.3. The van der Waals surface area contributed by atoms with E-state index in [1.165, 1.54) is 17.4 Å². The minimum absolute atomic E-state index is 0.302. The largest absolute Gasteiger partial charge is 0.495 e. The Bertz CT molecular complexity index is 1630. The lowest BCUT2D eigenvalue weighted by molar-refractivity contribution is -0.104. The van der Waals surface area contributed by atoms with E-state index >= 15 is 0 Å². The Morgan fingerprint density at radius 3 is 2.83 bits per heavy atom. The van der Waals surface area contributed by atoms with Crippen LogP contribution in [0.1, 0.15) is 16.2 Å². The number of carbonyl (C=O) groups is 2. The van der Waals surface area contributed by atoms with Gasteiger partial charge in [-0.2, -0.15) is 0 Å². The monoisotopic (exact) mass is 483 g/mol. The van der Waals surface area contributed by atoms with E-state index in [2.05, 4.69) is 15.3 Å². The number of ether oxygens (including phenoxy) is 1. The fourth-order valence-electron chi connectivity index (χ4n) is 4.05. The number of imidazole rings is 1. The number of fused-ring (bicyclic) bond motifs is 2. The van der Waals surface area contributed by atoms with Gasteiger partial charge in [-0.05, 0) is 47.4 Å². The van der Waals surface area contributed by atoms with Gasteiger partial charge < -0.3 is 20.4 Å². The molecule has 0 aliphatic heterocycles. The number of nitrogens with two attached hydrogens (primary N) is 1. The van der Waals surface area contributed by atoms with E-state index < -0.39 is 0 Å². The molecule has 5 rings (SSSR count). The van der Waals surface area contributed by atoms with E-state index in [4.69, 9.17) is 10.5 Å². The fourth-order valence-corrected chi connectivity index (χ4v) is 5.13. The predicted octanol–water partition coefficient (Wildman–Crippen LogP) is 4.91. The molecule has 0 aliphatic carbocycles. The molecule has 0 fully saturated rings. The third-order valence-corrected chi connectivity index (χ3v) is 6.79. The molecular weight excluding hydrogens is 462 g/mol. The number of amides is 1. The number of methoxy groups -OCH3 is 1. The minimum atomic E-state index is -0.337. The van der Waals surface area contributed by atoms with Crippen LogP contribution in [0.15, 0.2) is 60.1 Å². The number of aromatic nitrogens is 3. The second-order valence-corrected chi connectivity index (χ2v) is 8.68. The molecule has 0 aliphatic rings. The molecule has 1 amide bonds. The summed E-state index contributed by atoms with van der Waals surface area (Å²) >= 11 is 1.52. The van der Waals surface area contributed by atoms with Crippen molar-refractivity contribution < 1.29 is 14.3 Å². The zero-order valence-electron chi connectivity index (χ0n) is 19.0. The number of anilines is 2. The molecule has 0 spiro atoms. The smallest absolute Gasteiger partial charge is 0.291 e. The van der Waals surface area contributed by atoms with E-state index in [-0.39, 0.29) is 5.91 Å². The summed E-state index contributed by atoms with van der Waals surface area (Å²) in [5.74, 6) is 0.863. The summed E-state index contributed by atoms with van der Waals surface area (Å²) in [6.45, 7) is 0. The van der Waals surface area contributed by atoms with Gasteiger partial charge >= 0.3 is 0 Å². The summed E-state index contributed by atoms with van der Waals surface area (Å²) in [7, 11) is 3.36. The van der Waals surface area contributed by atoms with Crippen LogP contribution in [-0.2, 0) is 11.8 Å². The van der Waals surface area contributed by atoms with Crippen LogP contribution in [0, 0.1) is 0 Å². The summed E-state index contributed by atoms with van der Waals surface area (Å²) in [4.78, 5) is 32.5. The van der Waals surface area contributed by atoms with Gasteiger partial charge in [0, 0.05) is 34.5 Å². The van der Waals surface area contributed by atoms with Crippen molar-refractivity contribution in [3.05, 3.63) is 71.5 Å². The van der Waals surface area contributed by atoms with Crippen LogP contribution in [-0.4, -0.2) is 33.8 Å². The van der Waals surface area contributed by atoms with Crippen molar-refractivity contribution in [3.63, 3.8) is 0 Å². The second-order valence-electron chi connectivity index (χ2n) is 7.80. The maximum Gasteiger partial charge on any atom is 0.291 e. The van der Waals surface area contributed by atoms with E-state index in [9.17, 15) is 9.59 Å². The Hall–Kier alpha value is -4.50. The molecule has 174 valence electrons. The molecular formula is C26H21N5O3S. The number of para-hydroxylation sites is 2. The highest BCUT2D eigenvalue weighted by atomic mass is 32.1. The Morgan fingerprint density at radius 2 is 2.06 bits per heavy atom.